The molecule has 0 atom stereocenters. The van der Waals surface area contributed by atoms with Crippen molar-refractivity contribution >= 4 is 46.3 Å². The lowest BCUT2D eigenvalue weighted by atomic mass is 9.93. The SMILES string of the molecule is O=C1OC2(CCCCC2)OC(=O)C1=Cc1cc(I)c(O)c([N+](=O)[O-])c1. The predicted octanol–water partition coefficient (Wildman–Crippen LogP) is 3.05. The van der Waals surface area contributed by atoms with Crippen molar-refractivity contribution in [1.82, 2.24) is 0 Å². The van der Waals surface area contributed by atoms with E-state index in [2.05, 4.69) is 0 Å². The van der Waals surface area contributed by atoms with E-state index in [4.69, 9.17) is 9.47 Å². The van der Waals surface area contributed by atoms with Gasteiger partial charge in [-0.15, -0.1) is 0 Å². The Morgan fingerprint density at radius 3 is 2.32 bits per heavy atom. The fourth-order valence-corrected chi connectivity index (χ4v) is 3.59. The van der Waals surface area contributed by atoms with Crippen LogP contribution in [-0.4, -0.2) is 27.8 Å². The predicted molar refractivity (Wildman–Crippen MR) is 93.5 cm³/mol. The smallest absolute Gasteiger partial charge is 0.348 e. The minimum Gasteiger partial charge on any atom is -0.501 e. The van der Waals surface area contributed by atoms with Crippen LogP contribution in [0, 0.1) is 13.7 Å². The number of halogens is 1. The van der Waals surface area contributed by atoms with E-state index < -0.39 is 34.1 Å². The standard InChI is InChI=1S/C16H14INO7/c17-11-7-9(8-12(13(11)19)18(22)23)6-10-14(20)24-16(25-15(10)21)4-2-1-3-5-16/h6-8,19H,1-5H2. The van der Waals surface area contributed by atoms with E-state index in [0.29, 0.717) is 12.8 Å². The summed E-state index contributed by atoms with van der Waals surface area (Å²) in [7, 11) is 0. The zero-order valence-corrected chi connectivity index (χ0v) is 15.1. The van der Waals surface area contributed by atoms with Gasteiger partial charge in [-0.25, -0.2) is 9.59 Å². The van der Waals surface area contributed by atoms with Crippen LogP contribution in [0.4, 0.5) is 5.69 Å². The Bertz CT molecular complexity index is 774. The Labute approximate surface area is 156 Å². The highest BCUT2D eigenvalue weighted by Crippen LogP contribution is 2.38. The zero-order chi connectivity index (χ0) is 18.2. The molecule has 1 aliphatic carbocycles. The largest absolute Gasteiger partial charge is 0.501 e. The molecule has 0 radical (unpaired) electrons. The molecule has 0 unspecified atom stereocenters. The summed E-state index contributed by atoms with van der Waals surface area (Å²) in [5.41, 5.74) is -0.621. The topological polar surface area (TPSA) is 116 Å². The zero-order valence-electron chi connectivity index (χ0n) is 13.0. The maximum Gasteiger partial charge on any atom is 0.348 e. The first-order valence-corrected chi connectivity index (χ1v) is 8.74. The molecule has 25 heavy (non-hydrogen) atoms. The Balaban J connectivity index is 1.93. The molecule has 2 aliphatic rings. The number of carbonyl (C=O) groups is 2. The minimum atomic E-state index is -1.18. The van der Waals surface area contributed by atoms with E-state index in [1.54, 1.807) is 22.6 Å². The number of hydrogen-bond acceptors (Lipinski definition) is 7. The number of hydrogen-bond donors (Lipinski definition) is 1. The highest BCUT2D eigenvalue weighted by atomic mass is 127. The third-order valence-corrected chi connectivity index (χ3v) is 5.01. The van der Waals surface area contributed by atoms with Gasteiger partial charge < -0.3 is 14.6 Å². The number of nitro groups is 1. The maximum atomic E-state index is 12.3. The number of aromatic hydroxyl groups is 1. The normalized spacial score (nSPS) is 19.3. The van der Waals surface area contributed by atoms with Crippen LogP contribution < -0.4 is 0 Å². The van der Waals surface area contributed by atoms with Crippen molar-refractivity contribution in [2.45, 2.75) is 37.9 Å². The van der Waals surface area contributed by atoms with Crippen molar-refractivity contribution in [3.63, 3.8) is 0 Å². The molecule has 0 amide bonds. The van der Waals surface area contributed by atoms with E-state index in [0.717, 1.165) is 25.3 Å². The molecule has 1 spiro atoms. The van der Waals surface area contributed by atoms with Gasteiger partial charge in [-0.1, -0.05) is 6.42 Å². The number of phenolic OH excluding ortho intramolecular Hbond substituents is 1. The molecule has 8 nitrogen and oxygen atoms in total. The minimum absolute atomic E-state index is 0.220. The van der Waals surface area contributed by atoms with Gasteiger partial charge in [0.2, 0.25) is 5.75 Å². The lowest BCUT2D eigenvalue weighted by Crippen LogP contribution is -2.47. The number of phenols is 1. The molecular formula is C16H14INO7. The second-order valence-electron chi connectivity index (χ2n) is 5.94. The highest BCUT2D eigenvalue weighted by molar-refractivity contribution is 14.1. The van der Waals surface area contributed by atoms with Crippen LogP contribution in [0.5, 0.6) is 5.75 Å². The number of ether oxygens (including phenoxy) is 2. The van der Waals surface area contributed by atoms with Crippen LogP contribution in [0.25, 0.3) is 6.08 Å². The molecule has 2 fully saturated rings. The summed E-state index contributed by atoms with van der Waals surface area (Å²) in [5.74, 6) is -3.26. The second-order valence-corrected chi connectivity index (χ2v) is 7.10. The Morgan fingerprint density at radius 1 is 1.16 bits per heavy atom. The first-order valence-electron chi connectivity index (χ1n) is 7.67. The third kappa shape index (κ3) is 3.46. The van der Waals surface area contributed by atoms with Crippen molar-refractivity contribution in [2.24, 2.45) is 0 Å². The quantitative estimate of drug-likeness (QED) is 0.181. The molecule has 9 heteroatoms. The lowest BCUT2D eigenvalue weighted by Gasteiger charge is -2.38. The van der Waals surface area contributed by atoms with Gasteiger partial charge in [0.15, 0.2) is 0 Å². The molecule has 3 rings (SSSR count). The highest BCUT2D eigenvalue weighted by Gasteiger charge is 2.46. The summed E-state index contributed by atoms with van der Waals surface area (Å²) in [6, 6.07) is 2.50. The number of nitrogens with zero attached hydrogens (tertiary/aromatic N) is 1. The van der Waals surface area contributed by atoms with Gasteiger partial charge >= 0.3 is 17.6 Å². The molecule has 0 aromatic heterocycles. The van der Waals surface area contributed by atoms with E-state index in [9.17, 15) is 24.8 Å². The number of carbonyl (C=O) groups excluding carboxylic acids is 2. The molecule has 1 N–H and O–H groups in total. The fourth-order valence-electron chi connectivity index (χ4n) is 2.96. The average molecular weight is 459 g/mol. The summed E-state index contributed by atoms with van der Waals surface area (Å²) in [6.45, 7) is 0. The number of nitro benzene ring substituents is 1. The maximum absolute atomic E-state index is 12.3. The van der Waals surface area contributed by atoms with Crippen LogP contribution >= 0.6 is 22.6 Å². The molecule has 1 aliphatic heterocycles. The van der Waals surface area contributed by atoms with Crippen LogP contribution in [-0.2, 0) is 19.1 Å². The van der Waals surface area contributed by atoms with Gasteiger partial charge in [0.05, 0.1) is 8.49 Å². The van der Waals surface area contributed by atoms with Gasteiger partial charge in [0.25, 0.3) is 5.79 Å². The average Bonchev–Trinajstić information content (AvgIpc) is 2.54. The monoisotopic (exact) mass is 459 g/mol. The van der Waals surface area contributed by atoms with E-state index >= 15 is 0 Å². The lowest BCUT2D eigenvalue weighted by molar-refractivity contribution is -0.386. The van der Waals surface area contributed by atoms with E-state index in [1.807, 2.05) is 0 Å². The number of rotatable bonds is 2. The van der Waals surface area contributed by atoms with E-state index in [-0.39, 0.29) is 14.7 Å². The summed E-state index contributed by atoms with van der Waals surface area (Å²) in [5, 5.41) is 20.7. The van der Waals surface area contributed by atoms with Crippen LogP contribution in [0.1, 0.15) is 37.7 Å². The molecule has 1 heterocycles. The molecular weight excluding hydrogens is 445 g/mol. The number of esters is 2. The van der Waals surface area contributed by atoms with Crippen molar-refractivity contribution in [2.75, 3.05) is 0 Å². The third-order valence-electron chi connectivity index (χ3n) is 4.19. The molecule has 1 saturated carbocycles. The van der Waals surface area contributed by atoms with Gasteiger partial charge in [0.1, 0.15) is 5.57 Å². The fraction of sp³-hybridized carbons (Fsp3) is 0.375. The van der Waals surface area contributed by atoms with Crippen molar-refractivity contribution in [3.05, 3.63) is 37.0 Å². The first-order chi connectivity index (χ1) is 11.8. The Hall–Kier alpha value is -2.17. The summed E-state index contributed by atoms with van der Waals surface area (Å²) in [4.78, 5) is 34.8. The molecule has 1 aromatic rings. The second kappa shape index (κ2) is 6.62. The van der Waals surface area contributed by atoms with Crippen molar-refractivity contribution < 1.29 is 29.1 Å². The summed E-state index contributed by atoms with van der Waals surface area (Å²) >= 11 is 1.73. The van der Waals surface area contributed by atoms with Crippen molar-refractivity contribution in [3.8, 4) is 5.75 Å². The summed E-state index contributed by atoms with van der Waals surface area (Å²) < 4.78 is 11.0. The van der Waals surface area contributed by atoms with Gasteiger partial charge in [-0.05, 0) is 53.1 Å². The van der Waals surface area contributed by atoms with Crippen molar-refractivity contribution in [1.29, 1.82) is 0 Å². The Kier molecular flexibility index (Phi) is 4.67. The molecule has 1 saturated heterocycles. The molecule has 1 aromatic carbocycles. The molecule has 132 valence electrons. The van der Waals surface area contributed by atoms with E-state index in [1.165, 1.54) is 12.1 Å². The summed E-state index contributed by atoms with van der Waals surface area (Å²) in [6.07, 6.45) is 4.73. The van der Waals surface area contributed by atoms with Crippen LogP contribution in [0.15, 0.2) is 17.7 Å². The van der Waals surface area contributed by atoms with Crippen LogP contribution in [0.2, 0.25) is 0 Å². The molecule has 0 bridgehead atoms. The van der Waals surface area contributed by atoms with Gasteiger partial charge in [-0.2, -0.15) is 0 Å². The Morgan fingerprint density at radius 2 is 1.76 bits per heavy atom. The first kappa shape index (κ1) is 17.6. The van der Waals surface area contributed by atoms with Gasteiger partial charge in [0, 0.05) is 18.9 Å². The van der Waals surface area contributed by atoms with Crippen LogP contribution in [0.3, 0.4) is 0 Å². The van der Waals surface area contributed by atoms with Gasteiger partial charge in [-0.3, -0.25) is 10.1 Å². The number of benzene rings is 1.